The van der Waals surface area contributed by atoms with E-state index >= 15 is 0 Å². The van der Waals surface area contributed by atoms with E-state index in [9.17, 15) is 4.79 Å². The van der Waals surface area contributed by atoms with E-state index in [1.807, 2.05) is 74.5 Å². The number of ether oxygens (including phenoxy) is 3. The standard InChI is InChI=1S/C32H38N6O5/c1-3-41-29-12-7-6-9-24(29)17-18-34-37-31(40)32(21-26-10-4-5-11-27(26)22-35-38-33)23(2)43-30(36-32)25-13-15-28(16-14-25)42-20-8-19-39/h4-7,9-16,23,34,39H,3,8,17-22H2,1-2H3,(H,37,40)/t23-,32-/m0/s1. The molecule has 0 aliphatic carbocycles. The number of carbonyl (C=O) groups is 1. The Kier molecular flexibility index (Phi) is 11.4. The molecule has 0 bridgehead atoms. The minimum atomic E-state index is -1.30. The molecule has 2 atom stereocenters. The molecule has 3 aromatic rings. The molecular formula is C32H38N6O5. The normalized spacial score (nSPS) is 17.4. The topological polar surface area (TPSA) is 150 Å². The second-order valence-electron chi connectivity index (χ2n) is 10.1. The number of hydrogen-bond donors (Lipinski definition) is 3. The zero-order chi connectivity index (χ0) is 30.5. The van der Waals surface area contributed by atoms with Gasteiger partial charge in [0.05, 0.1) is 19.8 Å². The van der Waals surface area contributed by atoms with Gasteiger partial charge in [-0.1, -0.05) is 47.6 Å². The number of rotatable bonds is 16. The van der Waals surface area contributed by atoms with Crippen LogP contribution in [0.3, 0.4) is 0 Å². The smallest absolute Gasteiger partial charge is 0.266 e. The molecule has 0 unspecified atom stereocenters. The van der Waals surface area contributed by atoms with Crippen molar-refractivity contribution in [2.75, 3.05) is 26.4 Å². The molecule has 0 radical (unpaired) electrons. The van der Waals surface area contributed by atoms with Gasteiger partial charge in [0.1, 0.15) is 17.6 Å². The number of hydrazine groups is 1. The molecule has 0 saturated heterocycles. The van der Waals surface area contributed by atoms with E-state index in [1.54, 1.807) is 12.1 Å². The van der Waals surface area contributed by atoms with E-state index in [0.717, 1.165) is 22.4 Å². The maximum atomic E-state index is 14.0. The number of azide groups is 1. The lowest BCUT2D eigenvalue weighted by Gasteiger charge is -2.29. The number of aliphatic imine (C=N–C) groups is 1. The SMILES string of the molecule is CCOc1ccccc1CCNNC(=O)[C@@]1(Cc2ccccc2CN=[N+]=[N-])N=C(c2ccc(OCCCO)cc2)O[C@H]1C. The molecule has 1 amide bonds. The van der Waals surface area contributed by atoms with E-state index in [1.165, 1.54) is 0 Å². The monoisotopic (exact) mass is 586 g/mol. The third kappa shape index (κ3) is 8.04. The first-order chi connectivity index (χ1) is 21.0. The Morgan fingerprint density at radius 1 is 1.07 bits per heavy atom. The van der Waals surface area contributed by atoms with Crippen molar-refractivity contribution < 1.29 is 24.1 Å². The van der Waals surface area contributed by atoms with Crippen LogP contribution in [-0.2, 0) is 28.9 Å². The van der Waals surface area contributed by atoms with Crippen molar-refractivity contribution in [1.82, 2.24) is 10.9 Å². The second kappa shape index (κ2) is 15.6. The fourth-order valence-electron chi connectivity index (χ4n) is 4.88. The molecule has 3 N–H and O–H groups in total. The van der Waals surface area contributed by atoms with Gasteiger partial charge in [-0.15, -0.1) is 0 Å². The Bertz CT molecular complexity index is 1440. The van der Waals surface area contributed by atoms with E-state index in [0.29, 0.717) is 49.8 Å². The molecule has 226 valence electrons. The van der Waals surface area contributed by atoms with E-state index in [-0.39, 0.29) is 25.5 Å². The summed E-state index contributed by atoms with van der Waals surface area (Å²) < 4.78 is 17.6. The van der Waals surface area contributed by atoms with Crippen LogP contribution in [0.15, 0.2) is 82.9 Å². The second-order valence-corrected chi connectivity index (χ2v) is 10.1. The highest BCUT2D eigenvalue weighted by Gasteiger charge is 2.50. The molecule has 1 heterocycles. The van der Waals surface area contributed by atoms with E-state index < -0.39 is 11.6 Å². The summed E-state index contributed by atoms with van der Waals surface area (Å²) in [5, 5.41) is 12.7. The summed E-state index contributed by atoms with van der Waals surface area (Å²) in [6.45, 7) is 5.45. The molecule has 43 heavy (non-hydrogen) atoms. The molecule has 0 spiro atoms. The number of hydrogen-bond acceptors (Lipinski definition) is 8. The molecule has 0 saturated carbocycles. The molecular weight excluding hydrogens is 548 g/mol. The molecule has 4 rings (SSSR count). The van der Waals surface area contributed by atoms with E-state index in [4.69, 9.17) is 29.8 Å². The predicted molar refractivity (Wildman–Crippen MR) is 164 cm³/mol. The van der Waals surface area contributed by atoms with E-state index in [2.05, 4.69) is 20.9 Å². The molecule has 3 aromatic carbocycles. The largest absolute Gasteiger partial charge is 0.494 e. The average molecular weight is 587 g/mol. The van der Waals surface area contributed by atoms with Gasteiger partial charge >= 0.3 is 0 Å². The lowest BCUT2D eigenvalue weighted by Crippen LogP contribution is -2.56. The van der Waals surface area contributed by atoms with Crippen LogP contribution in [0.2, 0.25) is 0 Å². The Labute approximate surface area is 251 Å². The Morgan fingerprint density at radius 3 is 2.51 bits per heavy atom. The highest BCUT2D eigenvalue weighted by atomic mass is 16.5. The summed E-state index contributed by atoms with van der Waals surface area (Å²) in [5.74, 6) is 1.50. The van der Waals surface area contributed by atoms with Gasteiger partial charge < -0.3 is 19.3 Å². The maximum Gasteiger partial charge on any atom is 0.266 e. The number of nitrogens with one attached hydrogen (secondary N) is 2. The molecule has 11 nitrogen and oxygen atoms in total. The first-order valence-corrected chi connectivity index (χ1v) is 14.4. The Balaban J connectivity index is 1.56. The zero-order valence-electron chi connectivity index (χ0n) is 24.5. The van der Waals surface area contributed by atoms with Crippen molar-refractivity contribution in [3.05, 3.63) is 105 Å². The van der Waals surface area contributed by atoms with Crippen LogP contribution >= 0.6 is 0 Å². The van der Waals surface area contributed by atoms with Crippen LogP contribution < -0.4 is 20.3 Å². The van der Waals surface area contributed by atoms with Gasteiger partial charge in [-0.05, 0) is 72.8 Å². The Hall–Kier alpha value is -4.57. The number of amides is 1. The van der Waals surface area contributed by atoms with Gasteiger partial charge in [0, 0.05) is 36.5 Å². The first kappa shape index (κ1) is 31.4. The van der Waals surface area contributed by atoms with Crippen molar-refractivity contribution in [2.45, 2.75) is 51.3 Å². The van der Waals surface area contributed by atoms with Crippen LogP contribution in [0.5, 0.6) is 11.5 Å². The van der Waals surface area contributed by atoms with Crippen molar-refractivity contribution in [3.63, 3.8) is 0 Å². The lowest BCUT2D eigenvalue weighted by molar-refractivity contribution is -0.129. The third-order valence-electron chi connectivity index (χ3n) is 7.20. The summed E-state index contributed by atoms with van der Waals surface area (Å²) in [6.07, 6.45) is 0.820. The minimum Gasteiger partial charge on any atom is -0.494 e. The number of aliphatic hydroxyl groups excluding tert-OH is 1. The summed E-state index contributed by atoms with van der Waals surface area (Å²) >= 11 is 0. The van der Waals surface area contributed by atoms with Gasteiger partial charge in [0.2, 0.25) is 5.90 Å². The first-order valence-electron chi connectivity index (χ1n) is 14.4. The predicted octanol–water partition coefficient (Wildman–Crippen LogP) is 4.67. The van der Waals surface area contributed by atoms with Gasteiger partial charge in [-0.3, -0.25) is 10.2 Å². The summed E-state index contributed by atoms with van der Waals surface area (Å²) in [7, 11) is 0. The molecule has 0 fully saturated rings. The maximum absolute atomic E-state index is 14.0. The average Bonchev–Trinajstić information content (AvgIpc) is 3.36. The van der Waals surface area contributed by atoms with Crippen LogP contribution in [0.4, 0.5) is 0 Å². The number of benzene rings is 3. The van der Waals surface area contributed by atoms with Crippen LogP contribution in [0, 0.1) is 0 Å². The number of nitrogens with zero attached hydrogens (tertiary/aromatic N) is 4. The summed E-state index contributed by atoms with van der Waals surface area (Å²) in [5.41, 5.74) is 16.9. The van der Waals surface area contributed by atoms with Gasteiger partial charge in [-0.2, -0.15) is 0 Å². The lowest BCUT2D eigenvalue weighted by atomic mass is 9.84. The van der Waals surface area contributed by atoms with Crippen molar-refractivity contribution >= 4 is 11.8 Å². The molecule has 1 aliphatic rings. The highest BCUT2D eigenvalue weighted by Crippen LogP contribution is 2.34. The molecule has 11 heteroatoms. The van der Waals surface area contributed by atoms with Crippen molar-refractivity contribution in [1.29, 1.82) is 0 Å². The van der Waals surface area contributed by atoms with Crippen molar-refractivity contribution in [2.24, 2.45) is 10.1 Å². The number of carbonyl (C=O) groups excluding carboxylic acids is 1. The highest BCUT2D eigenvalue weighted by molar-refractivity contribution is 6.00. The fraction of sp³-hybridized carbons (Fsp3) is 0.375. The minimum absolute atomic E-state index is 0.0617. The van der Waals surface area contributed by atoms with Gasteiger partial charge in [0.25, 0.3) is 5.91 Å². The van der Waals surface area contributed by atoms with Crippen LogP contribution in [-0.4, -0.2) is 54.9 Å². The van der Waals surface area contributed by atoms with Gasteiger partial charge in [-0.25, -0.2) is 10.4 Å². The summed E-state index contributed by atoms with van der Waals surface area (Å²) in [6, 6.07) is 22.6. The van der Waals surface area contributed by atoms with Gasteiger partial charge in [0.15, 0.2) is 5.54 Å². The van der Waals surface area contributed by atoms with Crippen molar-refractivity contribution in [3.8, 4) is 11.5 Å². The van der Waals surface area contributed by atoms with Crippen LogP contribution in [0.1, 0.15) is 42.5 Å². The number of para-hydroxylation sites is 1. The molecule has 0 aromatic heterocycles. The molecule has 1 aliphatic heterocycles. The summed E-state index contributed by atoms with van der Waals surface area (Å²) in [4.78, 5) is 21.8. The third-order valence-corrected chi connectivity index (χ3v) is 7.20. The Morgan fingerprint density at radius 2 is 1.79 bits per heavy atom. The zero-order valence-corrected chi connectivity index (χ0v) is 24.5. The number of aliphatic hydroxyl groups is 1. The fourth-order valence-corrected chi connectivity index (χ4v) is 4.88. The quantitative estimate of drug-likeness (QED) is 0.0730. The van der Waals surface area contributed by atoms with Crippen LogP contribution in [0.25, 0.3) is 10.4 Å².